The summed E-state index contributed by atoms with van der Waals surface area (Å²) in [6.07, 6.45) is 2.25. The van der Waals surface area contributed by atoms with Crippen molar-refractivity contribution in [3.05, 3.63) is 33.7 Å². The summed E-state index contributed by atoms with van der Waals surface area (Å²) in [6.45, 7) is 0. The SMILES string of the molecule is O=c1ccc2c([nH]1)CCC[C@@H]2O. The second-order valence-electron chi connectivity index (χ2n) is 3.16. The zero-order valence-corrected chi connectivity index (χ0v) is 6.71. The second kappa shape index (κ2) is 2.75. The van der Waals surface area contributed by atoms with E-state index in [-0.39, 0.29) is 11.7 Å². The Morgan fingerprint density at radius 2 is 2.33 bits per heavy atom. The van der Waals surface area contributed by atoms with Crippen LogP contribution in [0.5, 0.6) is 0 Å². The Morgan fingerprint density at radius 1 is 1.50 bits per heavy atom. The van der Waals surface area contributed by atoms with Crippen molar-refractivity contribution in [3.8, 4) is 0 Å². The summed E-state index contributed by atoms with van der Waals surface area (Å²) in [5.74, 6) is 0. The van der Waals surface area contributed by atoms with E-state index in [2.05, 4.69) is 4.98 Å². The number of H-pyrrole nitrogens is 1. The average Bonchev–Trinajstić information content (AvgIpc) is 2.04. The Balaban J connectivity index is 2.53. The molecule has 1 aromatic heterocycles. The van der Waals surface area contributed by atoms with Crippen molar-refractivity contribution < 1.29 is 5.11 Å². The van der Waals surface area contributed by atoms with Crippen LogP contribution in [-0.4, -0.2) is 10.1 Å². The van der Waals surface area contributed by atoms with Gasteiger partial charge in [0.1, 0.15) is 0 Å². The van der Waals surface area contributed by atoms with Crippen LogP contribution in [0.15, 0.2) is 16.9 Å². The number of aryl methyl sites for hydroxylation is 1. The number of fused-ring (bicyclic) bond motifs is 1. The van der Waals surface area contributed by atoms with Crippen LogP contribution in [0.1, 0.15) is 30.2 Å². The summed E-state index contributed by atoms with van der Waals surface area (Å²) in [6, 6.07) is 3.19. The van der Waals surface area contributed by atoms with Gasteiger partial charge in [-0.2, -0.15) is 0 Å². The lowest BCUT2D eigenvalue weighted by Gasteiger charge is -2.19. The first kappa shape index (κ1) is 7.55. The van der Waals surface area contributed by atoms with E-state index in [0.717, 1.165) is 30.5 Å². The molecule has 3 nitrogen and oxygen atoms in total. The van der Waals surface area contributed by atoms with Crippen LogP contribution in [0.4, 0.5) is 0 Å². The molecule has 1 aliphatic rings. The third kappa shape index (κ3) is 1.16. The molecule has 0 aromatic carbocycles. The fourth-order valence-electron chi connectivity index (χ4n) is 1.68. The summed E-state index contributed by atoms with van der Waals surface area (Å²) in [4.78, 5) is 13.7. The Morgan fingerprint density at radius 3 is 3.17 bits per heavy atom. The van der Waals surface area contributed by atoms with Crippen LogP contribution in [-0.2, 0) is 6.42 Å². The number of aromatic amines is 1. The highest BCUT2D eigenvalue weighted by Crippen LogP contribution is 2.26. The van der Waals surface area contributed by atoms with Crippen molar-refractivity contribution in [2.45, 2.75) is 25.4 Å². The lowest BCUT2D eigenvalue weighted by Crippen LogP contribution is -2.16. The molecule has 0 fully saturated rings. The van der Waals surface area contributed by atoms with Gasteiger partial charge in [-0.1, -0.05) is 0 Å². The normalized spacial score (nSPS) is 21.9. The molecule has 2 N–H and O–H groups in total. The van der Waals surface area contributed by atoms with Gasteiger partial charge in [-0.05, 0) is 25.3 Å². The third-order valence-electron chi connectivity index (χ3n) is 2.30. The highest BCUT2D eigenvalue weighted by atomic mass is 16.3. The van der Waals surface area contributed by atoms with E-state index in [1.807, 2.05) is 0 Å². The molecule has 1 atom stereocenters. The monoisotopic (exact) mass is 165 g/mol. The van der Waals surface area contributed by atoms with E-state index in [9.17, 15) is 9.90 Å². The van der Waals surface area contributed by atoms with Crippen LogP contribution < -0.4 is 5.56 Å². The molecule has 0 spiro atoms. The number of rotatable bonds is 0. The van der Waals surface area contributed by atoms with Crippen LogP contribution in [0.25, 0.3) is 0 Å². The molecule has 0 saturated heterocycles. The standard InChI is InChI=1S/C9H11NO2/c11-8-3-1-2-7-6(8)4-5-9(12)10-7/h4-5,8,11H,1-3H2,(H,10,12)/t8-/m0/s1. The van der Waals surface area contributed by atoms with Gasteiger partial charge in [-0.15, -0.1) is 0 Å². The zero-order chi connectivity index (χ0) is 8.55. The van der Waals surface area contributed by atoms with Crippen molar-refractivity contribution in [2.75, 3.05) is 0 Å². The van der Waals surface area contributed by atoms with Gasteiger partial charge in [-0.25, -0.2) is 0 Å². The van der Waals surface area contributed by atoms with Crippen LogP contribution in [0.3, 0.4) is 0 Å². The minimum Gasteiger partial charge on any atom is -0.388 e. The maximum Gasteiger partial charge on any atom is 0.248 e. The fraction of sp³-hybridized carbons (Fsp3) is 0.444. The molecule has 64 valence electrons. The van der Waals surface area contributed by atoms with E-state index < -0.39 is 0 Å². The summed E-state index contributed by atoms with van der Waals surface area (Å²) in [7, 11) is 0. The lowest BCUT2D eigenvalue weighted by atomic mass is 9.94. The Kier molecular flexibility index (Phi) is 1.73. The molecule has 0 bridgehead atoms. The van der Waals surface area contributed by atoms with Crippen LogP contribution >= 0.6 is 0 Å². The van der Waals surface area contributed by atoms with E-state index in [0.29, 0.717) is 0 Å². The van der Waals surface area contributed by atoms with Crippen molar-refractivity contribution in [3.63, 3.8) is 0 Å². The largest absolute Gasteiger partial charge is 0.388 e. The van der Waals surface area contributed by atoms with Crippen molar-refractivity contribution >= 4 is 0 Å². The van der Waals surface area contributed by atoms with E-state index in [4.69, 9.17) is 0 Å². The summed E-state index contributed by atoms with van der Waals surface area (Å²) in [5, 5.41) is 9.53. The van der Waals surface area contributed by atoms with Gasteiger partial charge in [0, 0.05) is 17.3 Å². The Labute approximate surface area is 70.1 Å². The number of aliphatic hydroxyl groups excluding tert-OH is 1. The van der Waals surface area contributed by atoms with Crippen molar-refractivity contribution in [2.24, 2.45) is 0 Å². The molecular weight excluding hydrogens is 154 g/mol. The average molecular weight is 165 g/mol. The third-order valence-corrected chi connectivity index (χ3v) is 2.30. The van der Waals surface area contributed by atoms with E-state index in [1.165, 1.54) is 6.07 Å². The van der Waals surface area contributed by atoms with Gasteiger partial charge in [0.25, 0.3) is 0 Å². The number of aromatic nitrogens is 1. The predicted molar refractivity (Wildman–Crippen MR) is 45.0 cm³/mol. The van der Waals surface area contributed by atoms with Gasteiger partial charge in [-0.3, -0.25) is 4.79 Å². The number of pyridine rings is 1. The zero-order valence-electron chi connectivity index (χ0n) is 6.71. The smallest absolute Gasteiger partial charge is 0.248 e. The van der Waals surface area contributed by atoms with Crippen LogP contribution in [0, 0.1) is 0 Å². The molecule has 1 heterocycles. The quantitative estimate of drug-likeness (QED) is 0.596. The minimum atomic E-state index is -0.384. The topological polar surface area (TPSA) is 53.1 Å². The summed E-state index contributed by atoms with van der Waals surface area (Å²) < 4.78 is 0. The maximum atomic E-state index is 10.9. The van der Waals surface area contributed by atoms with Crippen molar-refractivity contribution in [1.82, 2.24) is 4.98 Å². The highest BCUT2D eigenvalue weighted by Gasteiger charge is 2.17. The number of hydrogen-bond donors (Lipinski definition) is 2. The number of hydrogen-bond acceptors (Lipinski definition) is 2. The summed E-state index contributed by atoms with van der Waals surface area (Å²) >= 11 is 0. The summed E-state index contributed by atoms with van der Waals surface area (Å²) in [5.41, 5.74) is 1.71. The van der Waals surface area contributed by atoms with Crippen molar-refractivity contribution in [1.29, 1.82) is 0 Å². The Bertz CT molecular complexity index is 343. The highest BCUT2D eigenvalue weighted by molar-refractivity contribution is 5.24. The van der Waals surface area contributed by atoms with Crippen LogP contribution in [0.2, 0.25) is 0 Å². The molecule has 0 amide bonds. The molecular formula is C9H11NO2. The molecule has 0 radical (unpaired) electrons. The van der Waals surface area contributed by atoms with Gasteiger partial charge in [0.15, 0.2) is 0 Å². The number of aliphatic hydroxyl groups is 1. The molecule has 1 aromatic rings. The Hall–Kier alpha value is -1.09. The number of nitrogens with one attached hydrogen (secondary N) is 1. The molecule has 12 heavy (non-hydrogen) atoms. The van der Waals surface area contributed by atoms with Gasteiger partial charge >= 0.3 is 0 Å². The van der Waals surface area contributed by atoms with E-state index >= 15 is 0 Å². The molecule has 1 aliphatic carbocycles. The first-order valence-corrected chi connectivity index (χ1v) is 4.17. The molecule has 0 unspecified atom stereocenters. The first-order chi connectivity index (χ1) is 5.77. The lowest BCUT2D eigenvalue weighted by molar-refractivity contribution is 0.155. The van der Waals surface area contributed by atoms with Gasteiger partial charge in [0.2, 0.25) is 5.56 Å². The first-order valence-electron chi connectivity index (χ1n) is 4.17. The molecule has 3 heteroatoms. The maximum absolute atomic E-state index is 10.9. The molecule has 2 rings (SSSR count). The van der Waals surface area contributed by atoms with E-state index in [1.54, 1.807) is 6.07 Å². The fourth-order valence-corrected chi connectivity index (χ4v) is 1.68. The van der Waals surface area contributed by atoms with Gasteiger partial charge in [0.05, 0.1) is 6.10 Å². The second-order valence-corrected chi connectivity index (χ2v) is 3.16. The van der Waals surface area contributed by atoms with Gasteiger partial charge < -0.3 is 10.1 Å². The molecule has 0 saturated carbocycles. The minimum absolute atomic E-state index is 0.0807. The predicted octanol–water partition coefficient (Wildman–Crippen LogP) is 0.745. The molecule has 0 aliphatic heterocycles.